The number of nitrogens with zero attached hydrogens (tertiary/aromatic N) is 2. The molecular weight excluding hydrogens is 196 g/mol. The molecule has 0 amide bonds. The van der Waals surface area contributed by atoms with Gasteiger partial charge in [-0.25, -0.2) is 0 Å². The van der Waals surface area contributed by atoms with Crippen molar-refractivity contribution >= 4 is 5.78 Å². The van der Waals surface area contributed by atoms with E-state index in [1.165, 1.54) is 0 Å². The van der Waals surface area contributed by atoms with Gasteiger partial charge in [-0.3, -0.25) is 4.79 Å². The van der Waals surface area contributed by atoms with E-state index in [2.05, 4.69) is 10.1 Å². The molecule has 0 radical (unpaired) electrons. The van der Waals surface area contributed by atoms with E-state index in [0.717, 1.165) is 0 Å². The number of hydrogen-bond donors (Lipinski definition) is 0. The molecule has 1 aromatic rings. The molecule has 1 rings (SSSR count). The summed E-state index contributed by atoms with van der Waals surface area (Å²) in [5.41, 5.74) is 0. The zero-order chi connectivity index (χ0) is 11.3. The van der Waals surface area contributed by atoms with Gasteiger partial charge in [0.1, 0.15) is 5.78 Å². The molecule has 0 aliphatic rings. The van der Waals surface area contributed by atoms with Crippen molar-refractivity contribution in [3.05, 3.63) is 11.7 Å². The lowest BCUT2D eigenvalue weighted by atomic mass is 10.2. The third-order valence-corrected chi connectivity index (χ3v) is 2.13. The van der Waals surface area contributed by atoms with Crippen LogP contribution >= 0.6 is 0 Å². The smallest absolute Gasteiger partial charge is 0.234 e. The third-order valence-electron chi connectivity index (χ3n) is 2.13. The lowest BCUT2D eigenvalue weighted by Crippen LogP contribution is -2.09. The Bertz CT molecular complexity index is 322. The van der Waals surface area contributed by atoms with E-state index in [0.29, 0.717) is 24.6 Å². The summed E-state index contributed by atoms with van der Waals surface area (Å²) in [6, 6.07) is 0. The van der Waals surface area contributed by atoms with Crippen LogP contribution in [-0.4, -0.2) is 29.1 Å². The van der Waals surface area contributed by atoms with Gasteiger partial charge in [-0.15, -0.1) is 0 Å². The zero-order valence-corrected chi connectivity index (χ0v) is 9.32. The SMILES string of the molecule is CCC(=O)Cc1nc(CC(C)OC)no1. The minimum atomic E-state index is 0.0531. The quantitative estimate of drug-likeness (QED) is 0.708. The molecule has 84 valence electrons. The molecule has 1 atom stereocenters. The largest absolute Gasteiger partial charge is 0.381 e. The highest BCUT2D eigenvalue weighted by molar-refractivity contribution is 5.79. The fraction of sp³-hybridized carbons (Fsp3) is 0.700. The summed E-state index contributed by atoms with van der Waals surface area (Å²) in [6.07, 6.45) is 1.37. The number of carbonyl (C=O) groups is 1. The first-order valence-electron chi connectivity index (χ1n) is 5.01. The van der Waals surface area contributed by atoms with Crippen LogP contribution in [0, 0.1) is 0 Å². The average Bonchev–Trinajstić information content (AvgIpc) is 2.65. The number of methoxy groups -OCH3 is 1. The molecule has 0 aliphatic carbocycles. The van der Waals surface area contributed by atoms with Gasteiger partial charge in [0.25, 0.3) is 0 Å². The van der Waals surface area contributed by atoms with Gasteiger partial charge in [0.2, 0.25) is 5.89 Å². The fourth-order valence-corrected chi connectivity index (χ4v) is 1.08. The normalized spacial score (nSPS) is 12.7. The second-order valence-corrected chi connectivity index (χ2v) is 3.42. The topological polar surface area (TPSA) is 65.2 Å². The molecule has 1 aromatic heterocycles. The Hall–Kier alpha value is -1.23. The summed E-state index contributed by atoms with van der Waals surface area (Å²) in [4.78, 5) is 15.2. The Kier molecular flexibility index (Phi) is 4.42. The second-order valence-electron chi connectivity index (χ2n) is 3.42. The maximum absolute atomic E-state index is 11.1. The molecule has 15 heavy (non-hydrogen) atoms. The van der Waals surface area contributed by atoms with Gasteiger partial charge in [0, 0.05) is 20.0 Å². The third kappa shape index (κ3) is 3.79. The molecule has 0 saturated carbocycles. The number of Topliss-reactive ketones (excluding diaryl/α,β-unsaturated/α-hetero) is 1. The van der Waals surface area contributed by atoms with Crippen molar-refractivity contribution < 1.29 is 14.1 Å². The van der Waals surface area contributed by atoms with Crippen LogP contribution in [0.1, 0.15) is 32.0 Å². The Morgan fingerprint density at radius 2 is 2.33 bits per heavy atom. The molecule has 0 aliphatic heterocycles. The first kappa shape index (κ1) is 11.8. The highest BCUT2D eigenvalue weighted by atomic mass is 16.5. The molecule has 1 unspecified atom stereocenters. The van der Waals surface area contributed by atoms with Crippen molar-refractivity contribution in [2.75, 3.05) is 7.11 Å². The van der Waals surface area contributed by atoms with Crippen molar-refractivity contribution in [2.24, 2.45) is 0 Å². The molecule has 0 N–H and O–H groups in total. The molecule has 0 spiro atoms. The molecule has 5 nitrogen and oxygen atoms in total. The Labute approximate surface area is 88.8 Å². The standard InChI is InChI=1S/C10H16N2O3/c1-4-8(13)6-10-11-9(12-15-10)5-7(2)14-3/h7H,4-6H2,1-3H3. The summed E-state index contributed by atoms with van der Waals surface area (Å²) in [5, 5.41) is 3.77. The Morgan fingerprint density at radius 3 is 2.93 bits per heavy atom. The number of ether oxygens (including phenoxy) is 1. The van der Waals surface area contributed by atoms with Crippen LogP contribution in [0.5, 0.6) is 0 Å². The molecule has 1 heterocycles. The first-order valence-corrected chi connectivity index (χ1v) is 5.01. The second kappa shape index (κ2) is 5.60. The predicted molar refractivity (Wildman–Crippen MR) is 53.5 cm³/mol. The minimum absolute atomic E-state index is 0.0531. The fourth-order valence-electron chi connectivity index (χ4n) is 1.08. The maximum atomic E-state index is 11.1. The number of ketones is 1. The highest BCUT2D eigenvalue weighted by Crippen LogP contribution is 2.04. The number of rotatable bonds is 6. The van der Waals surface area contributed by atoms with E-state index in [9.17, 15) is 4.79 Å². The Balaban J connectivity index is 2.52. The monoisotopic (exact) mass is 212 g/mol. The van der Waals surface area contributed by atoms with E-state index < -0.39 is 0 Å². The van der Waals surface area contributed by atoms with Gasteiger partial charge in [0.15, 0.2) is 5.82 Å². The lowest BCUT2D eigenvalue weighted by Gasteiger charge is -2.03. The van der Waals surface area contributed by atoms with E-state index in [1.807, 2.05) is 13.8 Å². The molecule has 0 fully saturated rings. The van der Waals surface area contributed by atoms with Crippen molar-refractivity contribution in [3.8, 4) is 0 Å². The van der Waals surface area contributed by atoms with Gasteiger partial charge in [-0.1, -0.05) is 12.1 Å². The van der Waals surface area contributed by atoms with Crippen LogP contribution in [0.15, 0.2) is 4.52 Å². The van der Waals surface area contributed by atoms with Gasteiger partial charge in [-0.2, -0.15) is 4.98 Å². The van der Waals surface area contributed by atoms with Crippen molar-refractivity contribution in [1.29, 1.82) is 0 Å². The summed E-state index contributed by atoms with van der Waals surface area (Å²) in [5.74, 6) is 1.08. The number of aromatic nitrogens is 2. The van der Waals surface area contributed by atoms with Crippen molar-refractivity contribution in [3.63, 3.8) is 0 Å². The van der Waals surface area contributed by atoms with Crippen LogP contribution in [0.2, 0.25) is 0 Å². The van der Waals surface area contributed by atoms with E-state index >= 15 is 0 Å². The van der Waals surface area contributed by atoms with Gasteiger partial charge in [-0.05, 0) is 6.92 Å². The minimum Gasteiger partial charge on any atom is -0.381 e. The molecule has 0 bridgehead atoms. The summed E-state index contributed by atoms with van der Waals surface area (Å²) in [7, 11) is 1.63. The number of carbonyl (C=O) groups excluding carboxylic acids is 1. The van der Waals surface area contributed by atoms with Gasteiger partial charge >= 0.3 is 0 Å². The zero-order valence-electron chi connectivity index (χ0n) is 9.32. The van der Waals surface area contributed by atoms with Gasteiger partial charge < -0.3 is 9.26 Å². The molecule has 5 heteroatoms. The van der Waals surface area contributed by atoms with E-state index in [-0.39, 0.29) is 18.3 Å². The highest BCUT2D eigenvalue weighted by Gasteiger charge is 2.12. The summed E-state index contributed by atoms with van der Waals surface area (Å²) < 4.78 is 10.0. The van der Waals surface area contributed by atoms with E-state index in [4.69, 9.17) is 9.26 Å². The molecular formula is C10H16N2O3. The predicted octanol–water partition coefficient (Wildman–Crippen LogP) is 1.17. The summed E-state index contributed by atoms with van der Waals surface area (Å²) in [6.45, 7) is 3.74. The van der Waals surface area contributed by atoms with Crippen LogP contribution < -0.4 is 0 Å². The molecule has 0 aromatic carbocycles. The van der Waals surface area contributed by atoms with Crippen molar-refractivity contribution in [1.82, 2.24) is 10.1 Å². The Morgan fingerprint density at radius 1 is 1.60 bits per heavy atom. The lowest BCUT2D eigenvalue weighted by molar-refractivity contribution is -0.118. The van der Waals surface area contributed by atoms with Crippen LogP contribution in [-0.2, 0) is 22.4 Å². The molecule has 0 saturated heterocycles. The van der Waals surface area contributed by atoms with Crippen LogP contribution in [0.3, 0.4) is 0 Å². The average molecular weight is 212 g/mol. The summed E-state index contributed by atoms with van der Waals surface area (Å²) >= 11 is 0. The van der Waals surface area contributed by atoms with Crippen molar-refractivity contribution in [2.45, 2.75) is 39.2 Å². The van der Waals surface area contributed by atoms with E-state index in [1.54, 1.807) is 7.11 Å². The van der Waals surface area contributed by atoms with Crippen LogP contribution in [0.25, 0.3) is 0 Å². The number of hydrogen-bond acceptors (Lipinski definition) is 5. The van der Waals surface area contributed by atoms with Crippen LogP contribution in [0.4, 0.5) is 0 Å². The van der Waals surface area contributed by atoms with Gasteiger partial charge in [0.05, 0.1) is 12.5 Å². The first-order chi connectivity index (χ1) is 7.15. The maximum Gasteiger partial charge on any atom is 0.234 e.